The van der Waals surface area contributed by atoms with Crippen molar-refractivity contribution in [3.05, 3.63) is 343 Å². The Labute approximate surface area is 479 Å². The quantitative estimate of drug-likeness (QED) is 0.124. The van der Waals surface area contributed by atoms with Crippen molar-refractivity contribution < 1.29 is 0 Å². The van der Waals surface area contributed by atoms with Crippen LogP contribution in [0.4, 0.5) is 62.6 Å². The number of hydrogen-bond acceptors (Lipinski definition) is 4. The van der Waals surface area contributed by atoms with Gasteiger partial charge >= 0.3 is 0 Å². The highest BCUT2D eigenvalue weighted by molar-refractivity contribution is 6.43. The van der Waals surface area contributed by atoms with E-state index < -0.39 is 0 Å². The molecule has 0 aromatic heterocycles. The van der Waals surface area contributed by atoms with Crippen LogP contribution < -0.4 is 20.0 Å². The molecule has 4 nitrogen and oxygen atoms in total. The number of anilines is 11. The molecule has 0 atom stereocenters. The Bertz CT molecular complexity index is 3630. The van der Waals surface area contributed by atoms with Crippen molar-refractivity contribution in [2.75, 3.05) is 20.0 Å². The van der Waals surface area contributed by atoms with Crippen LogP contribution in [0.3, 0.4) is 0 Å². The van der Waals surface area contributed by atoms with Gasteiger partial charge in [0.25, 0.3) is 0 Å². The van der Waals surface area contributed by atoms with Gasteiger partial charge in [0.1, 0.15) is 0 Å². The number of nitrogens with zero attached hydrogens (tertiary/aromatic N) is 3. The summed E-state index contributed by atoms with van der Waals surface area (Å²) >= 11 is 19.9. The summed E-state index contributed by atoms with van der Waals surface area (Å²) in [5.74, 6) is 0. The van der Waals surface area contributed by atoms with Gasteiger partial charge in [0.05, 0.1) is 20.8 Å². The fourth-order valence-corrected chi connectivity index (χ4v) is 9.99. The van der Waals surface area contributed by atoms with E-state index in [2.05, 4.69) is 178 Å². The first kappa shape index (κ1) is 53.1. The molecule has 0 aliphatic heterocycles. The molecule has 0 unspecified atom stereocenters. The second-order valence-electron chi connectivity index (χ2n) is 18.2. The maximum atomic E-state index is 7.25. The maximum absolute atomic E-state index is 7.25. The van der Waals surface area contributed by atoms with Crippen molar-refractivity contribution in [3.8, 4) is 22.3 Å². The van der Waals surface area contributed by atoms with Crippen LogP contribution in [0.1, 0.15) is 0 Å². The fourth-order valence-electron chi connectivity index (χ4n) is 9.26. The zero-order valence-electron chi connectivity index (χ0n) is 43.2. The number of hydrogen-bond donors (Lipinski definition) is 1. The second-order valence-corrected chi connectivity index (χ2v) is 19.4. The zero-order valence-corrected chi connectivity index (χ0v) is 45.4. The molecule has 0 radical (unpaired) electrons. The third-order valence-corrected chi connectivity index (χ3v) is 14.1. The van der Waals surface area contributed by atoms with Gasteiger partial charge in [0, 0.05) is 68.0 Å². The lowest BCUT2D eigenvalue weighted by Crippen LogP contribution is -2.11. The smallest absolute Gasteiger partial charge is 0.0725 e. The molecule has 0 aliphatic carbocycles. The molecule has 79 heavy (non-hydrogen) atoms. The van der Waals surface area contributed by atoms with E-state index in [-0.39, 0.29) is 0 Å². The molecular weight excluding hydrogens is 1030 g/mol. The van der Waals surface area contributed by atoms with Crippen LogP contribution in [0, 0.1) is 0 Å². The number of halogens is 3. The van der Waals surface area contributed by atoms with Crippen LogP contribution in [0.5, 0.6) is 0 Å². The first-order valence-electron chi connectivity index (χ1n) is 26.0. The molecule has 12 aromatic carbocycles. The van der Waals surface area contributed by atoms with Crippen molar-refractivity contribution >= 4 is 97.4 Å². The van der Waals surface area contributed by atoms with Crippen LogP contribution in [-0.2, 0) is 0 Å². The molecule has 0 aliphatic rings. The molecule has 12 aromatic rings. The summed E-state index contributed by atoms with van der Waals surface area (Å²) in [5.41, 5.74) is 15.8. The number of benzene rings is 12. The molecule has 0 fully saturated rings. The minimum absolute atomic E-state index is 0.558. The Morgan fingerprint density at radius 2 is 0.506 bits per heavy atom. The Morgan fingerprint density at radius 3 is 0.861 bits per heavy atom. The molecule has 1 N–H and O–H groups in total. The van der Waals surface area contributed by atoms with Crippen LogP contribution in [0.25, 0.3) is 22.3 Å². The summed E-state index contributed by atoms with van der Waals surface area (Å²) < 4.78 is 0. The summed E-state index contributed by atoms with van der Waals surface area (Å²) in [6.07, 6.45) is 0. The van der Waals surface area contributed by atoms with E-state index in [1.165, 1.54) is 0 Å². The van der Waals surface area contributed by atoms with Crippen LogP contribution >= 0.6 is 34.8 Å². The van der Waals surface area contributed by atoms with Crippen molar-refractivity contribution in [2.24, 2.45) is 0 Å². The van der Waals surface area contributed by atoms with Crippen molar-refractivity contribution in [2.45, 2.75) is 0 Å². The van der Waals surface area contributed by atoms with Gasteiger partial charge < -0.3 is 20.0 Å². The Hall–Kier alpha value is -9.29. The molecular formula is C72H55Cl3N4. The van der Waals surface area contributed by atoms with Gasteiger partial charge in [0.2, 0.25) is 0 Å². The van der Waals surface area contributed by atoms with Crippen molar-refractivity contribution in [1.82, 2.24) is 0 Å². The molecule has 0 amide bonds. The number of rotatable bonds is 13. The zero-order chi connectivity index (χ0) is 54.0. The van der Waals surface area contributed by atoms with E-state index in [9.17, 15) is 0 Å². The third-order valence-electron chi connectivity index (χ3n) is 12.9. The summed E-state index contributed by atoms with van der Waals surface area (Å²) in [6, 6.07) is 111. The molecule has 0 saturated carbocycles. The van der Waals surface area contributed by atoms with Gasteiger partial charge in [-0.3, -0.25) is 0 Å². The monoisotopic (exact) mass is 1080 g/mol. The highest BCUT2D eigenvalue weighted by Gasteiger charge is 2.20. The molecule has 0 saturated heterocycles. The van der Waals surface area contributed by atoms with E-state index in [0.29, 0.717) is 15.1 Å². The summed E-state index contributed by atoms with van der Waals surface area (Å²) in [5, 5.41) is 5.14. The van der Waals surface area contributed by atoms with Crippen LogP contribution in [0.2, 0.25) is 15.1 Å². The average molecular weight is 1080 g/mol. The molecule has 384 valence electrons. The second kappa shape index (κ2) is 26.7. The van der Waals surface area contributed by atoms with Gasteiger partial charge in [-0.15, -0.1) is 0 Å². The third kappa shape index (κ3) is 13.5. The largest absolute Gasteiger partial charge is 0.356 e. The van der Waals surface area contributed by atoms with Gasteiger partial charge in [0.15, 0.2) is 0 Å². The topological polar surface area (TPSA) is 21.8 Å². The Balaban J connectivity index is 0.000000151. The highest BCUT2D eigenvalue weighted by Crippen LogP contribution is 2.45. The lowest BCUT2D eigenvalue weighted by Gasteiger charge is -2.28. The normalized spacial score (nSPS) is 10.5. The van der Waals surface area contributed by atoms with Crippen molar-refractivity contribution in [1.29, 1.82) is 0 Å². The van der Waals surface area contributed by atoms with Crippen LogP contribution in [-0.4, -0.2) is 0 Å². The Morgan fingerprint density at radius 1 is 0.228 bits per heavy atom. The SMILES string of the molecule is Clc1c(-c2cccc(N(c3ccccc3)c3ccccc3)c2)cccc1N(c1ccccc1)c1ccccc1.Clc1cccc(-c2cccc(N(c3ccccc3)c3ccccc3)c2)c1Cl.c1ccc(Nc2ccccc2)cc1. The van der Waals surface area contributed by atoms with E-state index in [1.54, 1.807) is 6.07 Å². The van der Waals surface area contributed by atoms with Gasteiger partial charge in [-0.2, -0.15) is 0 Å². The lowest BCUT2D eigenvalue weighted by molar-refractivity contribution is 1.28. The lowest BCUT2D eigenvalue weighted by atomic mass is 10.0. The minimum Gasteiger partial charge on any atom is -0.356 e. The first-order chi connectivity index (χ1) is 39.0. The predicted molar refractivity (Wildman–Crippen MR) is 339 cm³/mol. The van der Waals surface area contributed by atoms with Gasteiger partial charge in [-0.25, -0.2) is 0 Å². The van der Waals surface area contributed by atoms with Crippen LogP contribution in [0.15, 0.2) is 328 Å². The molecule has 12 rings (SSSR count). The first-order valence-corrected chi connectivity index (χ1v) is 27.1. The van der Waals surface area contributed by atoms with Gasteiger partial charge in [-0.05, 0) is 145 Å². The van der Waals surface area contributed by atoms with Gasteiger partial charge in [-0.1, -0.05) is 229 Å². The predicted octanol–water partition coefficient (Wildman–Crippen LogP) is 22.5. The molecule has 0 heterocycles. The fraction of sp³-hybridized carbons (Fsp3) is 0. The Kier molecular flexibility index (Phi) is 17.9. The van der Waals surface area contributed by atoms with E-state index >= 15 is 0 Å². The van der Waals surface area contributed by atoms with E-state index in [0.717, 1.165) is 84.8 Å². The van der Waals surface area contributed by atoms with E-state index in [1.807, 2.05) is 164 Å². The summed E-state index contributed by atoms with van der Waals surface area (Å²) in [6.45, 7) is 0. The highest BCUT2D eigenvalue weighted by atomic mass is 35.5. The molecule has 0 spiro atoms. The average Bonchev–Trinajstić information content (AvgIpc) is 3.61. The molecule has 7 heteroatoms. The molecule has 0 bridgehead atoms. The summed E-state index contributed by atoms with van der Waals surface area (Å²) in [4.78, 5) is 6.69. The number of nitrogens with one attached hydrogen (secondary N) is 1. The summed E-state index contributed by atoms with van der Waals surface area (Å²) in [7, 11) is 0. The minimum atomic E-state index is 0.558. The number of para-hydroxylation sites is 8. The van der Waals surface area contributed by atoms with E-state index in [4.69, 9.17) is 34.8 Å². The standard InChI is InChI=1S/C36H27ClN2.C24H17Cl2N.C12H11N/c37-36-34(25-14-26-35(36)39(31-20-9-3-10-21-31)32-22-11-4-12-23-32)28-15-13-24-33(27-28)38(29-16-5-1-6-17-29)30-18-7-2-8-19-30;25-23-16-8-15-22(24(23)26)18-9-7-14-21(17-18)27(19-10-3-1-4-11-19)20-12-5-2-6-13-20;1-3-7-11(8-4-1)13-12-9-5-2-6-10-12/h1-27H;1-17H;1-10,13H. The van der Waals surface area contributed by atoms with Crippen molar-refractivity contribution in [3.63, 3.8) is 0 Å². The maximum Gasteiger partial charge on any atom is 0.0725 e.